The minimum Gasteiger partial charge on any atom is -0.382 e. The third kappa shape index (κ3) is 3.76. The molecule has 2 fully saturated rings. The molecule has 2 nitrogen and oxygen atoms in total. The highest BCUT2D eigenvalue weighted by molar-refractivity contribution is 5.45. The van der Waals surface area contributed by atoms with Crippen molar-refractivity contribution in [1.29, 1.82) is 0 Å². The Bertz CT molecular complexity index is 420. The molecule has 1 N–H and O–H groups in total. The topological polar surface area (TPSA) is 15.3 Å². The van der Waals surface area contributed by atoms with Gasteiger partial charge in [0, 0.05) is 18.3 Å². The minimum absolute atomic E-state index is 0.703. The summed E-state index contributed by atoms with van der Waals surface area (Å²) in [5.74, 6) is 2.08. The van der Waals surface area contributed by atoms with E-state index in [0.29, 0.717) is 6.04 Å². The summed E-state index contributed by atoms with van der Waals surface area (Å²) in [6.07, 6.45) is 8.63. The Morgan fingerprint density at radius 2 is 1.75 bits per heavy atom. The molecule has 2 saturated carbocycles. The third-order valence-electron chi connectivity index (χ3n) is 4.83. The highest BCUT2D eigenvalue weighted by Crippen LogP contribution is 2.44. The van der Waals surface area contributed by atoms with Crippen LogP contribution in [-0.2, 0) is 6.54 Å². The molecule has 0 aromatic heterocycles. The first-order valence-electron chi connectivity index (χ1n) is 8.21. The first kappa shape index (κ1) is 13.9. The van der Waals surface area contributed by atoms with E-state index in [4.69, 9.17) is 0 Å². The molecular weight excluding hydrogens is 244 g/mol. The second kappa shape index (κ2) is 6.17. The van der Waals surface area contributed by atoms with E-state index in [9.17, 15) is 0 Å². The molecule has 2 atom stereocenters. The van der Waals surface area contributed by atoms with Crippen LogP contribution >= 0.6 is 0 Å². The Kier molecular flexibility index (Phi) is 4.30. The summed E-state index contributed by atoms with van der Waals surface area (Å²) in [5, 5.41) is 3.76. The van der Waals surface area contributed by atoms with Gasteiger partial charge in [-0.25, -0.2) is 0 Å². The highest BCUT2D eigenvalue weighted by atomic mass is 15.0. The fourth-order valence-electron chi connectivity index (χ4n) is 3.66. The van der Waals surface area contributed by atoms with E-state index in [-0.39, 0.29) is 0 Å². The molecule has 0 bridgehead atoms. The predicted molar refractivity (Wildman–Crippen MR) is 85.9 cm³/mol. The lowest BCUT2D eigenvalue weighted by molar-refractivity contribution is 0.303. The highest BCUT2D eigenvalue weighted by Gasteiger charge is 2.34. The zero-order valence-electron chi connectivity index (χ0n) is 12.9. The molecule has 1 aromatic rings. The number of hydrogen-bond acceptors (Lipinski definition) is 2. The number of benzene rings is 1. The molecule has 0 spiro atoms. The van der Waals surface area contributed by atoms with E-state index in [1.807, 2.05) is 0 Å². The number of nitrogens with one attached hydrogen (secondary N) is 1. The number of anilines is 1. The predicted octanol–water partition coefficient (Wildman–Crippen LogP) is 4.13. The molecule has 2 unspecified atom stereocenters. The minimum atomic E-state index is 0.703. The van der Waals surface area contributed by atoms with Gasteiger partial charge in [0.05, 0.1) is 0 Å². The van der Waals surface area contributed by atoms with Crippen molar-refractivity contribution in [2.75, 3.05) is 19.4 Å². The van der Waals surface area contributed by atoms with Gasteiger partial charge in [0.2, 0.25) is 0 Å². The molecule has 2 aliphatic rings. The Labute approximate surface area is 123 Å². The molecule has 0 heterocycles. The lowest BCUT2D eigenvalue weighted by Gasteiger charge is -2.30. The van der Waals surface area contributed by atoms with Crippen LogP contribution in [0.25, 0.3) is 0 Å². The molecule has 110 valence electrons. The molecule has 2 aliphatic carbocycles. The molecule has 2 heteroatoms. The maximum atomic E-state index is 3.76. The second-order valence-electron chi connectivity index (χ2n) is 7.04. The van der Waals surface area contributed by atoms with Gasteiger partial charge in [0.1, 0.15) is 0 Å². The zero-order valence-corrected chi connectivity index (χ0v) is 12.9. The fourth-order valence-corrected chi connectivity index (χ4v) is 3.66. The average molecular weight is 272 g/mol. The Hall–Kier alpha value is -1.02. The fraction of sp³-hybridized carbons (Fsp3) is 0.667. The van der Waals surface area contributed by atoms with Gasteiger partial charge in [0.15, 0.2) is 0 Å². The van der Waals surface area contributed by atoms with E-state index in [1.165, 1.54) is 49.8 Å². The lowest BCUT2D eigenvalue weighted by atomic mass is 9.82. The number of rotatable bonds is 5. The summed E-state index contributed by atoms with van der Waals surface area (Å²) in [5.41, 5.74) is 2.69. The molecule has 0 aliphatic heterocycles. The number of nitrogens with zero attached hydrogens (tertiary/aromatic N) is 1. The van der Waals surface area contributed by atoms with E-state index < -0.39 is 0 Å². The van der Waals surface area contributed by atoms with Gasteiger partial charge < -0.3 is 10.2 Å². The van der Waals surface area contributed by atoms with E-state index in [2.05, 4.69) is 48.6 Å². The van der Waals surface area contributed by atoms with Gasteiger partial charge in [-0.3, -0.25) is 0 Å². The van der Waals surface area contributed by atoms with Gasteiger partial charge in [0.25, 0.3) is 0 Å². The van der Waals surface area contributed by atoms with Gasteiger partial charge in [-0.05, 0) is 69.3 Å². The molecule has 0 saturated heterocycles. The van der Waals surface area contributed by atoms with E-state index >= 15 is 0 Å². The Morgan fingerprint density at radius 3 is 2.40 bits per heavy atom. The summed E-state index contributed by atoms with van der Waals surface area (Å²) >= 11 is 0. The van der Waals surface area contributed by atoms with Gasteiger partial charge in [-0.1, -0.05) is 25.0 Å². The third-order valence-corrected chi connectivity index (χ3v) is 4.83. The Morgan fingerprint density at radius 1 is 1.00 bits per heavy atom. The largest absolute Gasteiger partial charge is 0.382 e. The summed E-state index contributed by atoms with van der Waals surface area (Å²) in [6.45, 7) is 1.02. The van der Waals surface area contributed by atoms with Crippen molar-refractivity contribution >= 4 is 5.69 Å². The van der Waals surface area contributed by atoms with Gasteiger partial charge in [-0.15, -0.1) is 0 Å². The summed E-state index contributed by atoms with van der Waals surface area (Å²) in [7, 11) is 4.23. The molecule has 20 heavy (non-hydrogen) atoms. The van der Waals surface area contributed by atoms with Gasteiger partial charge >= 0.3 is 0 Å². The molecule has 1 aromatic carbocycles. The van der Waals surface area contributed by atoms with Crippen LogP contribution in [0.15, 0.2) is 24.3 Å². The number of hydrogen-bond donors (Lipinski definition) is 1. The van der Waals surface area contributed by atoms with Crippen molar-refractivity contribution in [2.24, 2.45) is 11.8 Å². The quantitative estimate of drug-likeness (QED) is 0.867. The van der Waals surface area contributed by atoms with Crippen LogP contribution in [-0.4, -0.2) is 25.0 Å². The van der Waals surface area contributed by atoms with Crippen molar-refractivity contribution in [3.63, 3.8) is 0 Å². The smallest absolute Gasteiger partial charge is 0.0342 e. The maximum absolute atomic E-state index is 3.76. The van der Waals surface area contributed by atoms with Crippen LogP contribution in [0.5, 0.6) is 0 Å². The monoisotopic (exact) mass is 272 g/mol. The van der Waals surface area contributed by atoms with Crippen LogP contribution in [0.2, 0.25) is 0 Å². The summed E-state index contributed by atoms with van der Waals surface area (Å²) < 4.78 is 0. The van der Waals surface area contributed by atoms with Crippen molar-refractivity contribution < 1.29 is 0 Å². The SMILES string of the molecule is CN(C)Cc1ccc(NC2CCCC(C3CC3)C2)cc1. The van der Waals surface area contributed by atoms with Crippen LogP contribution in [0.1, 0.15) is 44.1 Å². The zero-order chi connectivity index (χ0) is 13.9. The van der Waals surface area contributed by atoms with Crippen LogP contribution in [0, 0.1) is 11.8 Å². The first-order valence-corrected chi connectivity index (χ1v) is 8.21. The molecule has 0 radical (unpaired) electrons. The van der Waals surface area contributed by atoms with Crippen LogP contribution in [0.3, 0.4) is 0 Å². The normalized spacial score (nSPS) is 26.8. The van der Waals surface area contributed by atoms with Crippen molar-refractivity contribution in [3.05, 3.63) is 29.8 Å². The Balaban J connectivity index is 1.54. The standard InChI is InChI=1S/C18H28N2/c1-20(2)13-14-6-10-17(11-7-14)19-18-5-3-4-16(12-18)15-8-9-15/h6-7,10-11,15-16,18-19H,3-5,8-9,12-13H2,1-2H3. The van der Waals surface area contributed by atoms with Crippen LogP contribution in [0.4, 0.5) is 5.69 Å². The van der Waals surface area contributed by atoms with Gasteiger partial charge in [-0.2, -0.15) is 0 Å². The first-order chi connectivity index (χ1) is 9.70. The molecule has 0 amide bonds. The van der Waals surface area contributed by atoms with Crippen molar-refractivity contribution in [2.45, 2.75) is 51.1 Å². The average Bonchev–Trinajstić information content (AvgIpc) is 3.25. The molecule has 3 rings (SSSR count). The summed E-state index contributed by atoms with van der Waals surface area (Å²) in [4.78, 5) is 2.21. The van der Waals surface area contributed by atoms with Crippen molar-refractivity contribution in [3.8, 4) is 0 Å². The van der Waals surface area contributed by atoms with E-state index in [0.717, 1.165) is 18.4 Å². The maximum Gasteiger partial charge on any atom is 0.0342 e. The summed E-state index contributed by atoms with van der Waals surface area (Å²) in [6, 6.07) is 9.71. The molecular formula is C18H28N2. The second-order valence-corrected chi connectivity index (χ2v) is 7.04. The van der Waals surface area contributed by atoms with Crippen molar-refractivity contribution in [1.82, 2.24) is 4.90 Å². The van der Waals surface area contributed by atoms with E-state index in [1.54, 1.807) is 0 Å². The van der Waals surface area contributed by atoms with Crippen LogP contribution < -0.4 is 5.32 Å². The lowest BCUT2D eigenvalue weighted by Crippen LogP contribution is -2.28.